The topological polar surface area (TPSA) is 65.0 Å². The maximum absolute atomic E-state index is 12.3. The summed E-state index contributed by atoms with van der Waals surface area (Å²) in [6.45, 7) is 1.91. The Kier molecular flexibility index (Phi) is 5.89. The molecule has 0 aliphatic carbocycles. The normalized spacial score (nSPS) is 14.4. The predicted molar refractivity (Wildman–Crippen MR) is 120 cm³/mol. The van der Waals surface area contributed by atoms with Gasteiger partial charge < -0.3 is 9.47 Å². The highest BCUT2D eigenvalue weighted by Gasteiger charge is 2.24. The number of benzene rings is 3. The number of carbonyl (C=O) groups excluding carboxylic acids is 2. The van der Waals surface area contributed by atoms with Crippen LogP contribution in [0.1, 0.15) is 27.0 Å². The minimum absolute atomic E-state index is 0.144. The first kappa shape index (κ1) is 20.8. The van der Waals surface area contributed by atoms with E-state index in [4.69, 9.17) is 32.7 Å². The average molecular weight is 452 g/mol. The molecule has 5 nitrogen and oxygen atoms in total. The first-order valence-corrected chi connectivity index (χ1v) is 10.0. The van der Waals surface area contributed by atoms with Crippen molar-refractivity contribution in [2.75, 3.05) is 0 Å². The lowest BCUT2D eigenvalue weighted by Crippen LogP contribution is -2.08. The number of ether oxygens (including phenoxy) is 2. The first-order chi connectivity index (χ1) is 14.9. The molecular weight excluding hydrogens is 437 g/mol. The molecule has 1 aliphatic heterocycles. The summed E-state index contributed by atoms with van der Waals surface area (Å²) in [6.07, 6.45) is 1.58. The van der Waals surface area contributed by atoms with Crippen LogP contribution in [0.25, 0.3) is 6.08 Å². The van der Waals surface area contributed by atoms with Crippen molar-refractivity contribution >= 4 is 47.1 Å². The molecule has 0 atom stereocenters. The van der Waals surface area contributed by atoms with E-state index in [9.17, 15) is 9.59 Å². The number of carbonyl (C=O) groups is 2. The summed E-state index contributed by atoms with van der Waals surface area (Å²) in [5.74, 6) is -0.470. The summed E-state index contributed by atoms with van der Waals surface area (Å²) in [4.78, 5) is 28.7. The maximum atomic E-state index is 12.3. The van der Waals surface area contributed by atoms with E-state index in [0.717, 1.165) is 5.56 Å². The van der Waals surface area contributed by atoms with Crippen LogP contribution in [-0.2, 0) is 9.53 Å². The van der Waals surface area contributed by atoms with Gasteiger partial charge in [0.15, 0.2) is 5.70 Å². The van der Waals surface area contributed by atoms with Gasteiger partial charge in [-0.2, -0.15) is 0 Å². The van der Waals surface area contributed by atoms with Gasteiger partial charge in [0.25, 0.3) is 0 Å². The standard InChI is InChI=1S/C24H15Cl2NO4/c1-14-3-2-4-17(11-14)23(28)30-18-8-5-15(6-9-18)12-21-24(29)31-22(27-21)16-7-10-19(25)20(26)13-16/h2-13H,1H3/b21-12-. The van der Waals surface area contributed by atoms with Gasteiger partial charge in [0.1, 0.15) is 5.75 Å². The van der Waals surface area contributed by atoms with E-state index in [0.29, 0.717) is 32.5 Å². The zero-order valence-electron chi connectivity index (χ0n) is 16.3. The number of aliphatic imine (C=N–C) groups is 1. The Morgan fingerprint density at radius 3 is 2.48 bits per heavy atom. The Bertz CT molecular complexity index is 1250. The second-order valence-corrected chi connectivity index (χ2v) is 7.61. The lowest BCUT2D eigenvalue weighted by atomic mass is 10.1. The molecule has 1 heterocycles. The lowest BCUT2D eigenvalue weighted by Gasteiger charge is -2.05. The van der Waals surface area contributed by atoms with Crippen LogP contribution in [-0.4, -0.2) is 17.8 Å². The molecule has 3 aromatic carbocycles. The molecule has 31 heavy (non-hydrogen) atoms. The molecule has 0 saturated heterocycles. The van der Waals surface area contributed by atoms with Gasteiger partial charge >= 0.3 is 11.9 Å². The highest BCUT2D eigenvalue weighted by Crippen LogP contribution is 2.26. The second-order valence-electron chi connectivity index (χ2n) is 6.79. The molecule has 0 saturated carbocycles. The van der Waals surface area contributed by atoms with Crippen LogP contribution < -0.4 is 4.74 Å². The maximum Gasteiger partial charge on any atom is 0.363 e. The SMILES string of the molecule is Cc1cccc(C(=O)Oc2ccc(/C=C3\N=C(c4ccc(Cl)c(Cl)c4)OC3=O)cc2)c1. The van der Waals surface area contributed by atoms with Gasteiger partial charge in [0, 0.05) is 5.56 Å². The van der Waals surface area contributed by atoms with Gasteiger partial charge in [-0.1, -0.05) is 53.0 Å². The van der Waals surface area contributed by atoms with Crippen LogP contribution >= 0.6 is 23.2 Å². The Hall–Kier alpha value is -3.41. The third-order valence-electron chi connectivity index (χ3n) is 4.43. The van der Waals surface area contributed by atoms with Crippen LogP contribution in [0.3, 0.4) is 0 Å². The molecule has 3 aromatic rings. The number of nitrogens with zero attached hydrogens (tertiary/aromatic N) is 1. The molecule has 154 valence electrons. The van der Waals surface area contributed by atoms with E-state index >= 15 is 0 Å². The van der Waals surface area contributed by atoms with Gasteiger partial charge in [-0.15, -0.1) is 0 Å². The predicted octanol–water partition coefficient (Wildman–Crippen LogP) is 5.87. The number of hydrogen-bond donors (Lipinski definition) is 0. The number of aryl methyl sites for hydroxylation is 1. The van der Waals surface area contributed by atoms with Crippen molar-refractivity contribution in [1.29, 1.82) is 0 Å². The van der Waals surface area contributed by atoms with Crippen molar-refractivity contribution in [3.05, 3.63) is 105 Å². The number of hydrogen-bond acceptors (Lipinski definition) is 5. The Morgan fingerprint density at radius 1 is 1.00 bits per heavy atom. The number of halogens is 2. The third-order valence-corrected chi connectivity index (χ3v) is 5.17. The third kappa shape index (κ3) is 4.85. The highest BCUT2D eigenvalue weighted by molar-refractivity contribution is 6.42. The Morgan fingerprint density at radius 2 is 1.77 bits per heavy atom. The molecule has 0 spiro atoms. The molecule has 0 N–H and O–H groups in total. The van der Waals surface area contributed by atoms with E-state index in [-0.39, 0.29) is 11.6 Å². The summed E-state index contributed by atoms with van der Waals surface area (Å²) in [5, 5.41) is 0.737. The second kappa shape index (κ2) is 8.76. The minimum Gasteiger partial charge on any atom is -0.423 e. The number of rotatable bonds is 4. The quantitative estimate of drug-likeness (QED) is 0.282. The fraction of sp³-hybridized carbons (Fsp3) is 0.0417. The zero-order valence-corrected chi connectivity index (χ0v) is 17.8. The van der Waals surface area contributed by atoms with E-state index in [1.807, 2.05) is 13.0 Å². The largest absolute Gasteiger partial charge is 0.423 e. The van der Waals surface area contributed by atoms with Gasteiger partial charge in [-0.25, -0.2) is 14.6 Å². The van der Waals surface area contributed by atoms with Crippen LogP contribution in [0.5, 0.6) is 5.75 Å². The van der Waals surface area contributed by atoms with E-state index in [2.05, 4.69) is 4.99 Å². The fourth-order valence-corrected chi connectivity index (χ4v) is 3.19. The number of esters is 2. The Labute approximate surface area is 188 Å². The van der Waals surface area contributed by atoms with Crippen LogP contribution in [0.15, 0.2) is 77.4 Å². The molecule has 0 amide bonds. The van der Waals surface area contributed by atoms with E-state index in [1.54, 1.807) is 66.7 Å². The average Bonchev–Trinajstić information content (AvgIpc) is 3.11. The van der Waals surface area contributed by atoms with Crippen molar-refractivity contribution in [3.63, 3.8) is 0 Å². The molecule has 4 rings (SSSR count). The summed E-state index contributed by atoms with van der Waals surface area (Å²) in [6, 6.07) is 18.7. The summed E-state index contributed by atoms with van der Waals surface area (Å²) < 4.78 is 10.6. The van der Waals surface area contributed by atoms with E-state index in [1.165, 1.54) is 0 Å². The zero-order chi connectivity index (χ0) is 22.0. The molecule has 0 radical (unpaired) electrons. The smallest absolute Gasteiger partial charge is 0.363 e. The monoisotopic (exact) mass is 451 g/mol. The molecule has 0 bridgehead atoms. The van der Waals surface area contributed by atoms with Crippen molar-refractivity contribution < 1.29 is 19.1 Å². The molecule has 0 unspecified atom stereocenters. The molecule has 7 heteroatoms. The van der Waals surface area contributed by atoms with Crippen LogP contribution in [0.4, 0.5) is 0 Å². The van der Waals surface area contributed by atoms with Gasteiger partial charge in [-0.3, -0.25) is 0 Å². The summed E-state index contributed by atoms with van der Waals surface area (Å²) >= 11 is 11.9. The van der Waals surface area contributed by atoms with Crippen molar-refractivity contribution in [2.45, 2.75) is 6.92 Å². The molecule has 0 fully saturated rings. The molecule has 1 aliphatic rings. The van der Waals surface area contributed by atoms with Gasteiger partial charge in [-0.05, 0) is 61.0 Å². The summed E-state index contributed by atoms with van der Waals surface area (Å²) in [5.41, 5.74) is 2.83. The molecule has 0 aromatic heterocycles. The lowest BCUT2D eigenvalue weighted by molar-refractivity contribution is -0.129. The van der Waals surface area contributed by atoms with Gasteiger partial charge in [0.05, 0.1) is 15.6 Å². The van der Waals surface area contributed by atoms with E-state index < -0.39 is 11.9 Å². The van der Waals surface area contributed by atoms with Gasteiger partial charge in [0.2, 0.25) is 5.90 Å². The Balaban J connectivity index is 1.50. The van der Waals surface area contributed by atoms with Crippen molar-refractivity contribution in [1.82, 2.24) is 0 Å². The first-order valence-electron chi connectivity index (χ1n) is 9.26. The fourth-order valence-electron chi connectivity index (χ4n) is 2.89. The van der Waals surface area contributed by atoms with Crippen LogP contribution in [0, 0.1) is 6.92 Å². The minimum atomic E-state index is -0.573. The van der Waals surface area contributed by atoms with Crippen molar-refractivity contribution in [3.8, 4) is 5.75 Å². The highest BCUT2D eigenvalue weighted by atomic mass is 35.5. The van der Waals surface area contributed by atoms with Crippen LogP contribution in [0.2, 0.25) is 10.0 Å². The molecular formula is C24H15Cl2NO4. The summed E-state index contributed by atoms with van der Waals surface area (Å²) in [7, 11) is 0. The van der Waals surface area contributed by atoms with Crippen molar-refractivity contribution in [2.24, 2.45) is 4.99 Å². The number of cyclic esters (lactones) is 1.